The maximum atomic E-state index is 12.9. The normalized spacial score (nSPS) is 11.5. The topological polar surface area (TPSA) is 94.5 Å². The number of rotatable bonds is 7. The van der Waals surface area contributed by atoms with Gasteiger partial charge in [0, 0.05) is 6.54 Å². The van der Waals surface area contributed by atoms with Crippen molar-refractivity contribution in [2.75, 3.05) is 11.3 Å². The molecule has 0 spiro atoms. The van der Waals surface area contributed by atoms with E-state index in [0.717, 1.165) is 17.8 Å². The number of esters is 1. The van der Waals surface area contributed by atoms with Crippen LogP contribution in [0.1, 0.15) is 30.6 Å². The number of fused-ring (bicyclic) bond motifs is 1. The summed E-state index contributed by atoms with van der Waals surface area (Å²) in [6, 6.07) is 10.8. The van der Waals surface area contributed by atoms with E-state index in [1.807, 2.05) is 6.92 Å². The van der Waals surface area contributed by atoms with Crippen LogP contribution in [0.25, 0.3) is 10.2 Å². The van der Waals surface area contributed by atoms with Crippen molar-refractivity contribution >= 4 is 43.2 Å². The van der Waals surface area contributed by atoms with Crippen LogP contribution in [0.3, 0.4) is 0 Å². The van der Waals surface area contributed by atoms with E-state index >= 15 is 0 Å². The van der Waals surface area contributed by atoms with E-state index in [0.29, 0.717) is 16.8 Å². The zero-order valence-corrected chi connectivity index (χ0v) is 17.1. The highest BCUT2D eigenvalue weighted by Gasteiger charge is 2.20. The summed E-state index contributed by atoms with van der Waals surface area (Å²) in [4.78, 5) is 24.1. The quantitative estimate of drug-likeness (QED) is 0.591. The summed E-state index contributed by atoms with van der Waals surface area (Å²) < 4.78 is 35.4. The third-order valence-electron chi connectivity index (χ3n) is 4.06. The predicted molar refractivity (Wildman–Crippen MR) is 110 cm³/mol. The van der Waals surface area contributed by atoms with Gasteiger partial charge in [-0.3, -0.25) is 14.1 Å². The van der Waals surface area contributed by atoms with Gasteiger partial charge in [0.25, 0.3) is 10.0 Å². The van der Waals surface area contributed by atoms with Gasteiger partial charge in [0.2, 0.25) is 0 Å². The van der Waals surface area contributed by atoms with Crippen LogP contribution in [-0.4, -0.2) is 25.6 Å². The fourth-order valence-electron chi connectivity index (χ4n) is 2.81. The molecule has 0 aliphatic carbocycles. The molecule has 3 rings (SSSR count). The first-order valence-electron chi connectivity index (χ1n) is 8.79. The molecule has 0 amide bonds. The zero-order chi connectivity index (χ0) is 20.3. The Labute approximate surface area is 166 Å². The lowest BCUT2D eigenvalue weighted by Crippen LogP contribution is -2.16. The first-order chi connectivity index (χ1) is 13.4. The largest absolute Gasteiger partial charge is 0.462 e. The Bertz CT molecular complexity index is 1180. The number of aromatic nitrogens is 1. The fraction of sp³-hybridized carbons (Fsp3) is 0.263. The third-order valence-corrected chi connectivity index (χ3v) is 6.37. The molecule has 9 heteroatoms. The van der Waals surface area contributed by atoms with Gasteiger partial charge in [-0.05, 0) is 43.7 Å². The maximum absolute atomic E-state index is 12.9. The molecule has 1 N–H and O–H groups in total. The molecule has 1 aromatic heterocycles. The number of hydrogen-bond donors (Lipinski definition) is 1. The van der Waals surface area contributed by atoms with Crippen LogP contribution in [0, 0.1) is 0 Å². The molecule has 1 heterocycles. The Kier molecular flexibility index (Phi) is 5.85. The molecule has 2 aromatic carbocycles. The van der Waals surface area contributed by atoms with Crippen molar-refractivity contribution < 1.29 is 17.9 Å². The molecule has 0 radical (unpaired) electrons. The molecule has 28 heavy (non-hydrogen) atoms. The number of anilines is 1. The van der Waals surface area contributed by atoms with Crippen LogP contribution in [-0.2, 0) is 21.3 Å². The summed E-state index contributed by atoms with van der Waals surface area (Å²) in [6.45, 7) is 4.41. The number of carbonyl (C=O) groups is 1. The lowest BCUT2D eigenvalue weighted by molar-refractivity contribution is 0.0527. The van der Waals surface area contributed by atoms with Crippen LogP contribution in [0.2, 0.25) is 0 Å². The minimum Gasteiger partial charge on any atom is -0.462 e. The average Bonchev–Trinajstić information content (AvgIpc) is 2.97. The summed E-state index contributed by atoms with van der Waals surface area (Å²) in [5.74, 6) is -0.605. The van der Waals surface area contributed by atoms with Gasteiger partial charge < -0.3 is 4.74 Å². The first kappa shape index (κ1) is 20.1. The summed E-state index contributed by atoms with van der Waals surface area (Å²) in [6.07, 6.45) is 0.804. The molecular weight excluding hydrogens is 400 g/mol. The maximum Gasteiger partial charge on any atom is 0.340 e. The molecule has 0 saturated carbocycles. The molecular formula is C19H20N2O5S2. The number of benzene rings is 2. The number of thiazole rings is 1. The van der Waals surface area contributed by atoms with Crippen LogP contribution < -0.4 is 9.60 Å². The number of para-hydroxylation sites is 1. The molecule has 0 aliphatic rings. The number of hydrogen-bond acceptors (Lipinski definition) is 6. The van der Waals surface area contributed by atoms with Crippen molar-refractivity contribution in [1.29, 1.82) is 0 Å². The summed E-state index contributed by atoms with van der Waals surface area (Å²) in [5.41, 5.74) is 0.980. The Morgan fingerprint density at radius 3 is 2.64 bits per heavy atom. The van der Waals surface area contributed by atoms with Crippen LogP contribution >= 0.6 is 11.3 Å². The molecule has 0 fully saturated rings. The van der Waals surface area contributed by atoms with Crippen molar-refractivity contribution in [2.45, 2.75) is 31.7 Å². The lowest BCUT2D eigenvalue weighted by atomic mass is 10.2. The molecule has 7 nitrogen and oxygen atoms in total. The molecule has 148 valence electrons. The number of nitrogens with zero attached hydrogens (tertiary/aromatic N) is 1. The third kappa shape index (κ3) is 3.95. The van der Waals surface area contributed by atoms with Crippen LogP contribution in [0.4, 0.5) is 5.69 Å². The first-order valence-corrected chi connectivity index (χ1v) is 11.1. The minimum atomic E-state index is -3.95. The van der Waals surface area contributed by atoms with Gasteiger partial charge in [-0.2, -0.15) is 0 Å². The van der Waals surface area contributed by atoms with E-state index in [-0.39, 0.29) is 27.6 Å². The number of nitrogens with one attached hydrogen (secondary N) is 1. The number of ether oxygens (including phenoxy) is 1. The van der Waals surface area contributed by atoms with E-state index in [1.165, 1.54) is 24.3 Å². The minimum absolute atomic E-state index is 0.0172. The van der Waals surface area contributed by atoms with Crippen LogP contribution in [0.15, 0.2) is 52.2 Å². The average molecular weight is 421 g/mol. The molecule has 0 saturated heterocycles. The van der Waals surface area contributed by atoms with Gasteiger partial charge in [-0.25, -0.2) is 13.2 Å². The van der Waals surface area contributed by atoms with E-state index in [4.69, 9.17) is 4.74 Å². The van der Waals surface area contributed by atoms with E-state index in [2.05, 4.69) is 4.72 Å². The zero-order valence-electron chi connectivity index (χ0n) is 15.5. The highest BCUT2D eigenvalue weighted by molar-refractivity contribution is 7.92. The van der Waals surface area contributed by atoms with Crippen LogP contribution in [0.5, 0.6) is 0 Å². The van der Waals surface area contributed by atoms with Crippen molar-refractivity contribution in [3.8, 4) is 0 Å². The van der Waals surface area contributed by atoms with Gasteiger partial charge in [-0.15, -0.1) is 0 Å². The fourth-order valence-corrected chi connectivity index (χ4v) is 4.95. The predicted octanol–water partition coefficient (Wildman–Crippen LogP) is 3.45. The SMILES string of the molecule is CCCn1c(=O)sc2cc(S(=O)(=O)Nc3ccccc3C(=O)OCC)ccc21. The van der Waals surface area contributed by atoms with E-state index in [1.54, 1.807) is 29.7 Å². The number of aryl methyl sites for hydroxylation is 1. The van der Waals surface area contributed by atoms with Crippen molar-refractivity contribution in [3.63, 3.8) is 0 Å². The Hall–Kier alpha value is -2.65. The second-order valence-corrected chi connectivity index (χ2v) is 8.70. The Morgan fingerprint density at radius 1 is 1.18 bits per heavy atom. The second kappa shape index (κ2) is 8.15. The summed E-state index contributed by atoms with van der Waals surface area (Å²) in [7, 11) is -3.95. The smallest absolute Gasteiger partial charge is 0.340 e. The van der Waals surface area contributed by atoms with Gasteiger partial charge in [0.05, 0.1) is 33.0 Å². The highest BCUT2D eigenvalue weighted by Crippen LogP contribution is 2.25. The van der Waals surface area contributed by atoms with Crippen molar-refractivity contribution in [3.05, 3.63) is 57.7 Å². The van der Waals surface area contributed by atoms with Gasteiger partial charge >= 0.3 is 10.8 Å². The summed E-state index contributed by atoms with van der Waals surface area (Å²) in [5, 5.41) is 0. The van der Waals surface area contributed by atoms with Gasteiger partial charge in [0.15, 0.2) is 0 Å². The van der Waals surface area contributed by atoms with Gasteiger partial charge in [-0.1, -0.05) is 30.4 Å². The number of carbonyl (C=O) groups excluding carboxylic acids is 1. The standard InChI is InChI=1S/C19H20N2O5S2/c1-3-11-21-16-10-9-13(12-17(16)27-19(21)23)28(24,25)20-15-8-6-5-7-14(15)18(22)26-4-2/h5-10,12,20H,3-4,11H2,1-2H3. The molecule has 0 atom stereocenters. The lowest BCUT2D eigenvalue weighted by Gasteiger charge is -2.12. The van der Waals surface area contributed by atoms with Crippen molar-refractivity contribution in [2.24, 2.45) is 0 Å². The molecule has 0 bridgehead atoms. The molecule has 0 unspecified atom stereocenters. The Balaban J connectivity index is 1.98. The number of sulfonamides is 1. The second-order valence-electron chi connectivity index (χ2n) is 6.02. The monoisotopic (exact) mass is 420 g/mol. The van der Waals surface area contributed by atoms with Crippen molar-refractivity contribution in [1.82, 2.24) is 4.57 Å². The van der Waals surface area contributed by atoms with Gasteiger partial charge in [0.1, 0.15) is 0 Å². The highest BCUT2D eigenvalue weighted by atomic mass is 32.2. The Morgan fingerprint density at radius 2 is 1.93 bits per heavy atom. The molecule has 3 aromatic rings. The summed E-state index contributed by atoms with van der Waals surface area (Å²) >= 11 is 1.01. The van der Waals surface area contributed by atoms with E-state index < -0.39 is 16.0 Å². The molecule has 0 aliphatic heterocycles. The van der Waals surface area contributed by atoms with E-state index in [9.17, 15) is 18.0 Å².